The standard InChI is InChI=1S/C11H5BrNS/c12-8-3-1-7-2-4-10-11(9(7)5-8)13-6-14-10/h1-5H. The van der Waals surface area contributed by atoms with Crippen molar-refractivity contribution in [3.63, 3.8) is 0 Å². The van der Waals surface area contributed by atoms with Crippen molar-refractivity contribution in [2.45, 2.75) is 0 Å². The summed E-state index contributed by atoms with van der Waals surface area (Å²) in [7, 11) is 0. The molecule has 67 valence electrons. The van der Waals surface area contributed by atoms with Crippen molar-refractivity contribution in [2.24, 2.45) is 0 Å². The van der Waals surface area contributed by atoms with E-state index in [4.69, 9.17) is 0 Å². The summed E-state index contributed by atoms with van der Waals surface area (Å²) >= 11 is 5.03. The molecule has 0 aliphatic heterocycles. The number of thiazole rings is 1. The summed E-state index contributed by atoms with van der Waals surface area (Å²) in [6, 6.07) is 10.5. The Morgan fingerprint density at radius 2 is 2.07 bits per heavy atom. The highest BCUT2D eigenvalue weighted by atomic mass is 79.9. The van der Waals surface area contributed by atoms with E-state index in [-0.39, 0.29) is 0 Å². The Hall–Kier alpha value is -0.930. The van der Waals surface area contributed by atoms with E-state index in [0.717, 1.165) is 9.99 Å². The van der Waals surface area contributed by atoms with Crippen LogP contribution in [0.5, 0.6) is 0 Å². The van der Waals surface area contributed by atoms with Crippen molar-refractivity contribution in [2.75, 3.05) is 0 Å². The molecule has 1 aromatic heterocycles. The summed E-state index contributed by atoms with van der Waals surface area (Å²) < 4.78 is 2.28. The van der Waals surface area contributed by atoms with Gasteiger partial charge in [0, 0.05) is 9.86 Å². The largest absolute Gasteiger partial charge is 0.233 e. The van der Waals surface area contributed by atoms with Gasteiger partial charge in [0.2, 0.25) is 0 Å². The lowest BCUT2D eigenvalue weighted by molar-refractivity contribution is 1.50. The molecule has 3 heteroatoms. The van der Waals surface area contributed by atoms with Crippen LogP contribution >= 0.6 is 27.3 Å². The molecule has 0 aliphatic rings. The maximum absolute atomic E-state index is 4.26. The maximum Gasteiger partial charge on any atom is 0.153 e. The molecule has 0 amide bonds. The van der Waals surface area contributed by atoms with E-state index in [9.17, 15) is 0 Å². The second-order valence-corrected chi connectivity index (χ2v) is 4.83. The van der Waals surface area contributed by atoms with E-state index < -0.39 is 0 Å². The molecular formula is C11H5BrNS. The SMILES string of the molecule is Brc1ccc2ccc3s[c]nc3c2c1. The van der Waals surface area contributed by atoms with Crippen molar-refractivity contribution < 1.29 is 0 Å². The molecule has 0 aliphatic carbocycles. The van der Waals surface area contributed by atoms with E-state index in [0.29, 0.717) is 0 Å². The van der Waals surface area contributed by atoms with Gasteiger partial charge in [-0.25, -0.2) is 4.98 Å². The Kier molecular flexibility index (Phi) is 1.82. The van der Waals surface area contributed by atoms with Gasteiger partial charge in [0.25, 0.3) is 0 Å². The minimum Gasteiger partial charge on any atom is -0.233 e. The van der Waals surface area contributed by atoms with Gasteiger partial charge in [0.1, 0.15) is 0 Å². The van der Waals surface area contributed by atoms with Crippen molar-refractivity contribution in [1.82, 2.24) is 4.98 Å². The number of halogens is 1. The molecule has 0 atom stereocenters. The van der Waals surface area contributed by atoms with Crippen molar-refractivity contribution in [3.8, 4) is 0 Å². The average Bonchev–Trinajstić information content (AvgIpc) is 2.65. The van der Waals surface area contributed by atoms with Gasteiger partial charge >= 0.3 is 0 Å². The van der Waals surface area contributed by atoms with E-state index in [2.05, 4.69) is 50.7 Å². The molecule has 0 bridgehead atoms. The number of rotatable bonds is 0. The van der Waals surface area contributed by atoms with Gasteiger partial charge in [0.15, 0.2) is 5.51 Å². The molecular weight excluding hydrogens is 258 g/mol. The van der Waals surface area contributed by atoms with Crippen molar-refractivity contribution in [3.05, 3.63) is 40.3 Å². The fourth-order valence-corrected chi connectivity index (χ4v) is 2.56. The van der Waals surface area contributed by atoms with E-state index in [1.165, 1.54) is 15.5 Å². The monoisotopic (exact) mass is 262 g/mol. The van der Waals surface area contributed by atoms with Gasteiger partial charge in [-0.15, -0.1) is 11.3 Å². The van der Waals surface area contributed by atoms with E-state index >= 15 is 0 Å². The first-order chi connectivity index (χ1) is 6.84. The fraction of sp³-hybridized carbons (Fsp3) is 0. The third-order valence-electron chi connectivity index (χ3n) is 2.23. The Balaban J connectivity index is 2.60. The number of benzene rings is 2. The van der Waals surface area contributed by atoms with Crippen LogP contribution in [0.15, 0.2) is 34.8 Å². The van der Waals surface area contributed by atoms with Gasteiger partial charge in [-0.1, -0.05) is 28.1 Å². The second kappa shape index (κ2) is 3.04. The smallest absolute Gasteiger partial charge is 0.153 e. The summed E-state index contributed by atoms with van der Waals surface area (Å²) in [5, 5.41) is 2.41. The summed E-state index contributed by atoms with van der Waals surface area (Å²) in [4.78, 5) is 4.26. The number of fused-ring (bicyclic) bond motifs is 3. The third kappa shape index (κ3) is 1.16. The molecule has 1 heterocycles. The van der Waals surface area contributed by atoms with Crippen molar-refractivity contribution in [1.29, 1.82) is 0 Å². The first kappa shape index (κ1) is 8.38. The Bertz CT molecular complexity index is 615. The minimum absolute atomic E-state index is 1.05. The first-order valence-corrected chi connectivity index (χ1v) is 5.80. The predicted molar refractivity (Wildman–Crippen MR) is 63.7 cm³/mol. The summed E-state index contributed by atoms with van der Waals surface area (Å²) in [5.74, 6) is 0. The molecule has 1 nitrogen and oxygen atoms in total. The Morgan fingerprint density at radius 1 is 1.21 bits per heavy atom. The quantitative estimate of drug-likeness (QED) is 0.597. The summed E-state index contributed by atoms with van der Waals surface area (Å²) in [6.07, 6.45) is 0. The zero-order valence-electron chi connectivity index (χ0n) is 7.12. The first-order valence-electron chi connectivity index (χ1n) is 4.19. The molecule has 14 heavy (non-hydrogen) atoms. The van der Waals surface area contributed by atoms with Gasteiger partial charge in [-0.05, 0) is 23.6 Å². The van der Waals surface area contributed by atoms with Crippen LogP contribution in [-0.2, 0) is 0 Å². The molecule has 0 fully saturated rings. The van der Waals surface area contributed by atoms with Crippen LogP contribution in [0.3, 0.4) is 0 Å². The Labute approximate surface area is 93.5 Å². The zero-order valence-corrected chi connectivity index (χ0v) is 9.52. The molecule has 0 N–H and O–H groups in total. The maximum atomic E-state index is 4.26. The predicted octanol–water partition coefficient (Wildman–Crippen LogP) is 4.01. The van der Waals surface area contributed by atoms with Crippen LogP contribution in [0.4, 0.5) is 0 Å². The molecule has 0 spiro atoms. The second-order valence-electron chi connectivity index (χ2n) is 3.08. The molecule has 2 aromatic carbocycles. The zero-order chi connectivity index (χ0) is 9.54. The summed E-state index contributed by atoms with van der Waals surface area (Å²) in [6.45, 7) is 0. The van der Waals surface area contributed by atoms with Crippen LogP contribution in [0.2, 0.25) is 0 Å². The summed E-state index contributed by atoms with van der Waals surface area (Å²) in [5.41, 5.74) is 3.98. The molecule has 3 rings (SSSR count). The van der Waals surface area contributed by atoms with Crippen LogP contribution in [-0.4, -0.2) is 4.98 Å². The lowest BCUT2D eigenvalue weighted by Gasteiger charge is -1.98. The molecule has 0 saturated heterocycles. The van der Waals surface area contributed by atoms with Crippen LogP contribution in [0, 0.1) is 5.51 Å². The average molecular weight is 263 g/mol. The van der Waals surface area contributed by atoms with Gasteiger partial charge in [-0.3, -0.25) is 0 Å². The number of hydrogen-bond acceptors (Lipinski definition) is 2. The minimum atomic E-state index is 1.05. The number of aromatic nitrogens is 1. The van der Waals surface area contributed by atoms with Crippen LogP contribution < -0.4 is 0 Å². The lowest BCUT2D eigenvalue weighted by atomic mass is 10.1. The fourth-order valence-electron chi connectivity index (χ4n) is 1.57. The Morgan fingerprint density at radius 3 is 3.00 bits per heavy atom. The number of nitrogens with zero attached hydrogens (tertiary/aromatic N) is 1. The highest BCUT2D eigenvalue weighted by Crippen LogP contribution is 2.28. The third-order valence-corrected chi connectivity index (χ3v) is 3.46. The molecule has 3 aromatic rings. The van der Waals surface area contributed by atoms with E-state index in [1.807, 2.05) is 6.07 Å². The van der Waals surface area contributed by atoms with Crippen molar-refractivity contribution >= 4 is 48.3 Å². The number of hydrogen-bond donors (Lipinski definition) is 0. The highest BCUT2D eigenvalue weighted by molar-refractivity contribution is 9.10. The van der Waals surface area contributed by atoms with Gasteiger partial charge in [0.05, 0.1) is 10.2 Å². The molecule has 1 radical (unpaired) electrons. The topological polar surface area (TPSA) is 12.9 Å². The molecule has 0 unspecified atom stereocenters. The van der Waals surface area contributed by atoms with Gasteiger partial charge in [-0.2, -0.15) is 0 Å². The lowest BCUT2D eigenvalue weighted by Crippen LogP contribution is -1.75. The normalized spacial score (nSPS) is 11.2. The highest BCUT2D eigenvalue weighted by Gasteiger charge is 2.02. The van der Waals surface area contributed by atoms with Crippen LogP contribution in [0.1, 0.15) is 0 Å². The van der Waals surface area contributed by atoms with Gasteiger partial charge < -0.3 is 0 Å². The van der Waals surface area contributed by atoms with E-state index in [1.54, 1.807) is 11.3 Å². The van der Waals surface area contributed by atoms with Crippen LogP contribution in [0.25, 0.3) is 21.0 Å². The molecule has 0 saturated carbocycles.